The maximum atomic E-state index is 13.1. The number of likely N-dealkylation sites (tertiary alicyclic amines) is 1. The zero-order chi connectivity index (χ0) is 20.1. The van der Waals surface area contributed by atoms with Crippen LogP contribution in [0.5, 0.6) is 0 Å². The molecule has 10 heteroatoms. The van der Waals surface area contributed by atoms with E-state index in [1.807, 2.05) is 0 Å². The zero-order valence-corrected chi connectivity index (χ0v) is 15.9. The van der Waals surface area contributed by atoms with Crippen molar-refractivity contribution in [1.29, 1.82) is 0 Å². The molecule has 4 rings (SSSR count). The number of rotatable bonds is 4. The Hall–Kier alpha value is -2.39. The second-order valence-corrected chi connectivity index (χ2v) is 7.82. The molecule has 1 fully saturated rings. The Morgan fingerprint density at radius 2 is 2.07 bits per heavy atom. The van der Waals surface area contributed by atoms with E-state index in [2.05, 4.69) is 4.98 Å². The number of fused-ring (bicyclic) bond motifs is 1. The van der Waals surface area contributed by atoms with E-state index in [0.29, 0.717) is 31.9 Å². The second kappa shape index (κ2) is 6.89. The van der Waals surface area contributed by atoms with E-state index < -0.39 is 37.2 Å². The number of amides is 1. The van der Waals surface area contributed by atoms with E-state index in [0.717, 1.165) is 9.47 Å². The predicted molar refractivity (Wildman–Crippen MR) is 101 cm³/mol. The Kier molecular flexibility index (Phi) is 4.67. The number of thiophene rings is 1. The minimum Gasteiger partial charge on any atom is -0.329 e. The highest BCUT2D eigenvalue weighted by molar-refractivity contribution is 7.17. The molecule has 0 spiro atoms. The fraction of sp³-hybridized carbons (Fsp3) is 0.278. The molecular weight excluding hydrogens is 415 g/mol. The molecule has 1 aliphatic heterocycles. The van der Waals surface area contributed by atoms with Crippen LogP contribution >= 0.6 is 22.9 Å². The Morgan fingerprint density at radius 1 is 1.32 bits per heavy atom. The summed E-state index contributed by atoms with van der Waals surface area (Å²) in [6.45, 7) is -2.40. The maximum absolute atomic E-state index is 13.1. The van der Waals surface area contributed by atoms with Crippen LogP contribution in [0.25, 0.3) is 21.3 Å². The van der Waals surface area contributed by atoms with E-state index in [9.17, 15) is 22.8 Å². The zero-order valence-electron chi connectivity index (χ0n) is 14.3. The van der Waals surface area contributed by atoms with Crippen LogP contribution in [0.4, 0.5) is 13.2 Å². The lowest BCUT2D eigenvalue weighted by atomic mass is 10.0. The van der Waals surface area contributed by atoms with Crippen LogP contribution in [-0.2, 0) is 18.0 Å². The normalized spacial score (nSPS) is 15.6. The Bertz CT molecular complexity index is 1140. The minimum atomic E-state index is -2.87. The molecule has 0 atom stereocenters. The van der Waals surface area contributed by atoms with Gasteiger partial charge in [-0.2, -0.15) is 0 Å². The fourth-order valence-electron chi connectivity index (χ4n) is 3.07. The number of benzene rings is 1. The molecule has 146 valence electrons. The monoisotopic (exact) mass is 427 g/mol. The number of carbonyl (C=O) groups excluding carboxylic acids is 1. The Balaban J connectivity index is 1.70. The third kappa shape index (κ3) is 3.29. The number of hydrogen-bond donors (Lipinski definition) is 0. The van der Waals surface area contributed by atoms with Gasteiger partial charge in [0.25, 0.3) is 11.5 Å². The molecule has 1 aliphatic rings. The van der Waals surface area contributed by atoms with Crippen LogP contribution in [0.15, 0.2) is 34.7 Å². The van der Waals surface area contributed by atoms with Crippen molar-refractivity contribution in [3.05, 3.63) is 50.8 Å². The van der Waals surface area contributed by atoms with Crippen LogP contribution in [0.2, 0.25) is 5.02 Å². The molecule has 1 saturated heterocycles. The SMILES string of the molecule is O=C(Cn1cnc2scc(-c3ccc(Cl)c(CF)c3)c2c1=O)N1CC(F)(F)C1. The summed E-state index contributed by atoms with van der Waals surface area (Å²) in [4.78, 5) is 30.7. The van der Waals surface area contributed by atoms with Crippen molar-refractivity contribution in [3.8, 4) is 11.1 Å². The molecule has 28 heavy (non-hydrogen) atoms. The third-order valence-corrected chi connectivity index (χ3v) is 5.82. The van der Waals surface area contributed by atoms with Gasteiger partial charge in [0.15, 0.2) is 0 Å². The summed E-state index contributed by atoms with van der Waals surface area (Å²) in [7, 11) is 0. The third-order valence-electron chi connectivity index (χ3n) is 4.56. The first-order valence-corrected chi connectivity index (χ1v) is 9.52. The van der Waals surface area contributed by atoms with Crippen LogP contribution in [0.1, 0.15) is 5.56 Å². The molecule has 3 aromatic rings. The Labute approximate surface area is 166 Å². The van der Waals surface area contributed by atoms with Gasteiger partial charge in [0.2, 0.25) is 5.91 Å². The maximum Gasteiger partial charge on any atom is 0.282 e. The predicted octanol–water partition coefficient (Wildman–Crippen LogP) is 3.73. The topological polar surface area (TPSA) is 55.2 Å². The van der Waals surface area contributed by atoms with Gasteiger partial charge >= 0.3 is 0 Å². The van der Waals surface area contributed by atoms with Crippen molar-refractivity contribution in [2.75, 3.05) is 13.1 Å². The highest BCUT2D eigenvalue weighted by atomic mass is 35.5. The standard InChI is InChI=1S/C18H13ClF3N3O2S/c19-13-2-1-10(3-11(13)4-20)12-6-28-16-15(12)17(27)24(9-23-16)5-14(26)25-7-18(21,22)8-25/h1-3,6,9H,4-5,7-8H2. The average Bonchev–Trinajstić information content (AvgIpc) is 3.07. The van der Waals surface area contributed by atoms with Crippen LogP contribution < -0.4 is 5.56 Å². The summed E-state index contributed by atoms with van der Waals surface area (Å²) in [6.07, 6.45) is 1.23. The van der Waals surface area contributed by atoms with Gasteiger partial charge in [0, 0.05) is 21.5 Å². The number of aromatic nitrogens is 2. The van der Waals surface area contributed by atoms with E-state index >= 15 is 0 Å². The van der Waals surface area contributed by atoms with Crippen molar-refractivity contribution in [1.82, 2.24) is 14.5 Å². The summed E-state index contributed by atoms with van der Waals surface area (Å²) in [5.74, 6) is -3.44. The molecule has 0 saturated carbocycles. The van der Waals surface area contributed by atoms with E-state index in [4.69, 9.17) is 11.6 Å². The first-order chi connectivity index (χ1) is 13.3. The molecule has 0 aliphatic carbocycles. The summed E-state index contributed by atoms with van der Waals surface area (Å²) >= 11 is 7.19. The van der Waals surface area contributed by atoms with Gasteiger partial charge < -0.3 is 4.90 Å². The summed E-state index contributed by atoms with van der Waals surface area (Å²) in [5, 5.41) is 2.31. The van der Waals surface area contributed by atoms with Gasteiger partial charge in [-0.1, -0.05) is 17.7 Å². The Morgan fingerprint density at radius 3 is 2.75 bits per heavy atom. The van der Waals surface area contributed by atoms with Crippen molar-refractivity contribution < 1.29 is 18.0 Å². The highest BCUT2D eigenvalue weighted by Gasteiger charge is 2.46. The van der Waals surface area contributed by atoms with Gasteiger partial charge in [-0.05, 0) is 17.7 Å². The molecule has 0 radical (unpaired) electrons. The molecule has 0 unspecified atom stereocenters. The van der Waals surface area contributed by atoms with Crippen molar-refractivity contribution in [3.63, 3.8) is 0 Å². The fourth-order valence-corrected chi connectivity index (χ4v) is 4.15. The van der Waals surface area contributed by atoms with Gasteiger partial charge in [0.1, 0.15) is 18.0 Å². The molecule has 2 aromatic heterocycles. The smallest absolute Gasteiger partial charge is 0.282 e. The number of nitrogens with zero attached hydrogens (tertiary/aromatic N) is 3. The number of alkyl halides is 3. The summed E-state index contributed by atoms with van der Waals surface area (Å²) < 4.78 is 40.1. The lowest BCUT2D eigenvalue weighted by Crippen LogP contribution is -2.59. The molecule has 1 amide bonds. The molecule has 0 N–H and O–H groups in total. The van der Waals surface area contributed by atoms with Crippen molar-refractivity contribution in [2.45, 2.75) is 19.1 Å². The average molecular weight is 428 g/mol. The second-order valence-electron chi connectivity index (χ2n) is 6.55. The first kappa shape index (κ1) is 18.9. The van der Waals surface area contributed by atoms with E-state index in [-0.39, 0.29) is 6.54 Å². The van der Waals surface area contributed by atoms with Crippen LogP contribution in [-0.4, -0.2) is 39.4 Å². The molecule has 0 bridgehead atoms. The summed E-state index contributed by atoms with van der Waals surface area (Å²) in [6, 6.07) is 4.79. The molecule has 1 aromatic carbocycles. The summed E-state index contributed by atoms with van der Waals surface area (Å²) in [5.41, 5.74) is 1.00. The van der Waals surface area contributed by atoms with Gasteiger partial charge in [-0.25, -0.2) is 18.2 Å². The van der Waals surface area contributed by atoms with Crippen LogP contribution in [0.3, 0.4) is 0 Å². The lowest BCUT2D eigenvalue weighted by Gasteiger charge is -2.38. The largest absolute Gasteiger partial charge is 0.329 e. The van der Waals surface area contributed by atoms with Gasteiger partial charge in [-0.3, -0.25) is 14.2 Å². The van der Waals surface area contributed by atoms with E-state index in [1.165, 1.54) is 17.7 Å². The first-order valence-electron chi connectivity index (χ1n) is 8.26. The number of halogens is 4. The number of carbonyl (C=O) groups is 1. The molecule has 3 heterocycles. The number of hydrogen-bond acceptors (Lipinski definition) is 4. The van der Waals surface area contributed by atoms with Crippen molar-refractivity contribution >= 4 is 39.1 Å². The van der Waals surface area contributed by atoms with Crippen molar-refractivity contribution in [2.24, 2.45) is 0 Å². The van der Waals surface area contributed by atoms with E-state index in [1.54, 1.807) is 23.6 Å². The van der Waals surface area contributed by atoms with Crippen LogP contribution in [0, 0.1) is 0 Å². The van der Waals surface area contributed by atoms with Gasteiger partial charge in [0.05, 0.1) is 24.8 Å². The lowest BCUT2D eigenvalue weighted by molar-refractivity contribution is -0.166. The highest BCUT2D eigenvalue weighted by Crippen LogP contribution is 2.33. The molecular formula is C18H13ClF3N3O2S. The minimum absolute atomic E-state index is 0.290. The quantitative estimate of drug-likeness (QED) is 0.637. The molecule has 5 nitrogen and oxygen atoms in total. The van der Waals surface area contributed by atoms with Gasteiger partial charge in [-0.15, -0.1) is 11.3 Å².